The molecule has 0 N–H and O–H groups in total. The third kappa shape index (κ3) is 4.46. The molecular weight excluding hydrogens is 358 g/mol. The van der Waals surface area contributed by atoms with Crippen molar-refractivity contribution in [3.8, 4) is 11.4 Å². The van der Waals surface area contributed by atoms with Crippen LogP contribution >= 0.6 is 0 Å². The van der Waals surface area contributed by atoms with Gasteiger partial charge in [-0.1, -0.05) is 36.4 Å². The zero-order valence-corrected chi connectivity index (χ0v) is 15.8. The fourth-order valence-corrected chi connectivity index (χ4v) is 3.65. The molecule has 3 aromatic rings. The Balaban J connectivity index is 1.27. The van der Waals surface area contributed by atoms with E-state index in [0.29, 0.717) is 6.54 Å². The largest absolute Gasteiger partial charge is 0.330 e. The lowest BCUT2D eigenvalue weighted by Crippen LogP contribution is -2.46. The molecule has 2 aromatic carbocycles. The molecule has 0 radical (unpaired) electrons. The number of benzene rings is 2. The number of hydrogen-bond donors (Lipinski definition) is 0. The third-order valence-corrected chi connectivity index (χ3v) is 5.26. The maximum atomic E-state index is 13.4. The Morgan fingerprint density at radius 2 is 1.57 bits per heavy atom. The van der Waals surface area contributed by atoms with Gasteiger partial charge in [-0.05, 0) is 17.7 Å². The van der Waals surface area contributed by atoms with Crippen LogP contribution in [0.25, 0.3) is 11.4 Å². The molecule has 28 heavy (non-hydrogen) atoms. The summed E-state index contributed by atoms with van der Waals surface area (Å²) < 4.78 is 28.6. The molecule has 0 atom stereocenters. The first-order valence-corrected chi connectivity index (χ1v) is 9.64. The van der Waals surface area contributed by atoms with E-state index in [0.717, 1.165) is 56.2 Å². The number of piperazine rings is 1. The zero-order chi connectivity index (χ0) is 19.3. The molecule has 6 heteroatoms. The predicted octanol–water partition coefficient (Wildman–Crippen LogP) is 3.65. The molecule has 0 spiro atoms. The van der Waals surface area contributed by atoms with Crippen molar-refractivity contribution in [1.29, 1.82) is 0 Å². The Morgan fingerprint density at radius 1 is 0.821 bits per heavy atom. The van der Waals surface area contributed by atoms with Crippen LogP contribution in [0.5, 0.6) is 0 Å². The predicted molar refractivity (Wildman–Crippen MR) is 106 cm³/mol. The van der Waals surface area contributed by atoms with Gasteiger partial charge in [0.25, 0.3) is 0 Å². The summed E-state index contributed by atoms with van der Waals surface area (Å²) in [6.07, 6.45) is 3.88. The summed E-state index contributed by atoms with van der Waals surface area (Å²) in [7, 11) is 0. The van der Waals surface area contributed by atoms with Gasteiger partial charge in [0.1, 0.15) is 5.82 Å². The second kappa shape index (κ2) is 8.63. The van der Waals surface area contributed by atoms with Crippen molar-refractivity contribution in [2.24, 2.45) is 0 Å². The molecule has 2 heterocycles. The Morgan fingerprint density at radius 3 is 2.32 bits per heavy atom. The van der Waals surface area contributed by atoms with Gasteiger partial charge < -0.3 is 4.57 Å². The number of aromatic nitrogens is 2. The van der Waals surface area contributed by atoms with Crippen LogP contribution in [-0.2, 0) is 13.1 Å². The maximum absolute atomic E-state index is 13.4. The topological polar surface area (TPSA) is 24.3 Å². The number of nitrogens with zero attached hydrogens (tertiary/aromatic N) is 4. The molecule has 0 amide bonds. The van der Waals surface area contributed by atoms with Crippen molar-refractivity contribution in [3.63, 3.8) is 0 Å². The van der Waals surface area contributed by atoms with Crippen LogP contribution in [0.4, 0.5) is 8.78 Å². The molecular formula is C22H24F2N4. The molecule has 0 bridgehead atoms. The molecule has 0 aliphatic carbocycles. The van der Waals surface area contributed by atoms with Crippen molar-refractivity contribution >= 4 is 0 Å². The first-order valence-electron chi connectivity index (χ1n) is 9.64. The molecule has 1 fully saturated rings. The Kier molecular flexibility index (Phi) is 5.78. The fraction of sp³-hybridized carbons (Fsp3) is 0.318. The van der Waals surface area contributed by atoms with Gasteiger partial charge in [-0.2, -0.15) is 0 Å². The first-order chi connectivity index (χ1) is 13.7. The highest BCUT2D eigenvalue weighted by Crippen LogP contribution is 2.17. The van der Waals surface area contributed by atoms with Gasteiger partial charge in [-0.25, -0.2) is 13.8 Å². The Bertz CT molecular complexity index is 902. The van der Waals surface area contributed by atoms with Crippen LogP contribution in [0.2, 0.25) is 0 Å². The minimum atomic E-state index is -0.789. The number of hydrogen-bond acceptors (Lipinski definition) is 3. The van der Waals surface area contributed by atoms with Crippen molar-refractivity contribution in [2.75, 3.05) is 32.7 Å². The molecule has 4 nitrogen and oxygen atoms in total. The highest BCUT2D eigenvalue weighted by Gasteiger charge is 2.18. The average Bonchev–Trinajstić information content (AvgIpc) is 3.20. The van der Waals surface area contributed by atoms with Crippen LogP contribution < -0.4 is 0 Å². The van der Waals surface area contributed by atoms with Crippen molar-refractivity contribution < 1.29 is 8.78 Å². The molecule has 1 saturated heterocycles. The van der Waals surface area contributed by atoms with Gasteiger partial charge >= 0.3 is 0 Å². The van der Waals surface area contributed by atoms with Gasteiger partial charge in [-0.15, -0.1) is 0 Å². The summed E-state index contributed by atoms with van der Waals surface area (Å²) in [6, 6.07) is 14.4. The summed E-state index contributed by atoms with van der Waals surface area (Å²) in [5.74, 6) is -0.564. The maximum Gasteiger partial charge on any atom is 0.159 e. The van der Waals surface area contributed by atoms with E-state index in [9.17, 15) is 8.78 Å². The minimum Gasteiger partial charge on any atom is -0.330 e. The van der Waals surface area contributed by atoms with Crippen LogP contribution in [-0.4, -0.2) is 52.1 Å². The van der Waals surface area contributed by atoms with Crippen molar-refractivity contribution in [3.05, 3.63) is 78.1 Å². The first kappa shape index (κ1) is 18.8. The minimum absolute atomic E-state index is 0.657. The van der Waals surface area contributed by atoms with E-state index in [1.165, 1.54) is 12.1 Å². The Labute approximate surface area is 164 Å². The third-order valence-electron chi connectivity index (χ3n) is 5.26. The van der Waals surface area contributed by atoms with E-state index in [4.69, 9.17) is 0 Å². The Hall–Kier alpha value is -2.57. The van der Waals surface area contributed by atoms with E-state index in [2.05, 4.69) is 31.5 Å². The summed E-state index contributed by atoms with van der Waals surface area (Å²) in [5.41, 5.74) is 1.95. The van der Waals surface area contributed by atoms with Gasteiger partial charge in [-0.3, -0.25) is 9.80 Å². The van der Waals surface area contributed by atoms with Gasteiger partial charge in [0, 0.05) is 63.8 Å². The van der Waals surface area contributed by atoms with Crippen LogP contribution in [0, 0.1) is 11.6 Å². The fourth-order valence-electron chi connectivity index (χ4n) is 3.65. The van der Waals surface area contributed by atoms with E-state index >= 15 is 0 Å². The average molecular weight is 382 g/mol. The smallest absolute Gasteiger partial charge is 0.159 e. The summed E-state index contributed by atoms with van der Waals surface area (Å²) in [6.45, 7) is 6.31. The van der Waals surface area contributed by atoms with Crippen molar-refractivity contribution in [1.82, 2.24) is 19.4 Å². The zero-order valence-electron chi connectivity index (χ0n) is 15.8. The molecule has 0 unspecified atom stereocenters. The quantitative estimate of drug-likeness (QED) is 0.651. The van der Waals surface area contributed by atoms with Crippen molar-refractivity contribution in [2.45, 2.75) is 13.1 Å². The molecule has 146 valence electrons. The van der Waals surface area contributed by atoms with Crippen LogP contribution in [0.3, 0.4) is 0 Å². The van der Waals surface area contributed by atoms with Crippen LogP contribution in [0.15, 0.2) is 60.9 Å². The molecule has 1 aliphatic rings. The number of imidazole rings is 1. The molecule has 0 saturated carbocycles. The normalized spacial score (nSPS) is 15.8. The van der Waals surface area contributed by atoms with E-state index in [-0.39, 0.29) is 0 Å². The number of rotatable bonds is 6. The standard InChI is InChI=1S/C22H24F2N4/c23-20-7-6-18(16-21(20)24)17-27-12-10-26(11-13-27)14-15-28-9-8-25-22(28)19-4-2-1-3-5-19/h1-9,16H,10-15,17H2. The molecule has 1 aliphatic heterocycles. The van der Waals surface area contributed by atoms with Crippen LogP contribution in [0.1, 0.15) is 5.56 Å². The lowest BCUT2D eigenvalue weighted by atomic mass is 10.2. The monoisotopic (exact) mass is 382 g/mol. The highest BCUT2D eigenvalue weighted by molar-refractivity contribution is 5.55. The summed E-state index contributed by atoms with van der Waals surface area (Å²) in [4.78, 5) is 9.23. The lowest BCUT2D eigenvalue weighted by molar-refractivity contribution is 0.124. The number of halogens is 2. The van der Waals surface area contributed by atoms with E-state index < -0.39 is 11.6 Å². The van der Waals surface area contributed by atoms with Gasteiger partial charge in [0.15, 0.2) is 11.6 Å². The second-order valence-corrected chi connectivity index (χ2v) is 7.18. The van der Waals surface area contributed by atoms with Gasteiger partial charge in [0.2, 0.25) is 0 Å². The summed E-state index contributed by atoms with van der Waals surface area (Å²) in [5, 5.41) is 0. The highest BCUT2D eigenvalue weighted by atomic mass is 19.2. The lowest BCUT2D eigenvalue weighted by Gasteiger charge is -2.34. The van der Waals surface area contributed by atoms with E-state index in [1.807, 2.05) is 30.6 Å². The SMILES string of the molecule is Fc1ccc(CN2CCN(CCn3ccnc3-c3ccccc3)CC2)cc1F. The van der Waals surface area contributed by atoms with E-state index in [1.54, 1.807) is 6.07 Å². The molecule has 1 aromatic heterocycles. The second-order valence-electron chi connectivity index (χ2n) is 7.18. The molecule has 4 rings (SSSR count). The van der Waals surface area contributed by atoms with Gasteiger partial charge in [0.05, 0.1) is 0 Å². The summed E-state index contributed by atoms with van der Waals surface area (Å²) >= 11 is 0.